The van der Waals surface area contributed by atoms with Crippen LogP contribution < -0.4 is 5.32 Å². The molecule has 1 aromatic carbocycles. The lowest BCUT2D eigenvalue weighted by Gasteiger charge is -2.38. The van der Waals surface area contributed by atoms with Crippen LogP contribution in [0.15, 0.2) is 22.7 Å². The molecule has 92 valence electrons. The lowest BCUT2D eigenvalue weighted by Crippen LogP contribution is -2.40. The van der Waals surface area contributed by atoms with Gasteiger partial charge in [-0.1, -0.05) is 29.3 Å². The molecule has 1 aliphatic rings. The van der Waals surface area contributed by atoms with Crippen LogP contribution in [0.3, 0.4) is 0 Å². The number of halogens is 2. The summed E-state index contributed by atoms with van der Waals surface area (Å²) in [5.41, 5.74) is 0.306. The summed E-state index contributed by atoms with van der Waals surface area (Å²) in [7, 11) is 0. The number of rotatable bonds is 3. The highest BCUT2D eigenvalue weighted by molar-refractivity contribution is 9.10. The van der Waals surface area contributed by atoms with E-state index in [4.69, 9.17) is 0 Å². The molecule has 0 saturated heterocycles. The molecular formula is C13H15BrFNO. The van der Waals surface area contributed by atoms with Crippen LogP contribution in [-0.4, -0.2) is 12.5 Å². The first-order chi connectivity index (χ1) is 8.00. The van der Waals surface area contributed by atoms with Gasteiger partial charge in [-0.25, -0.2) is 4.39 Å². The van der Waals surface area contributed by atoms with Gasteiger partial charge in [0.15, 0.2) is 0 Å². The second-order valence-electron chi connectivity index (χ2n) is 4.97. The van der Waals surface area contributed by atoms with Crippen molar-refractivity contribution in [1.82, 2.24) is 5.32 Å². The summed E-state index contributed by atoms with van der Waals surface area (Å²) in [4.78, 5) is 11.8. The van der Waals surface area contributed by atoms with Crippen molar-refractivity contribution in [2.24, 2.45) is 5.41 Å². The van der Waals surface area contributed by atoms with Crippen molar-refractivity contribution in [2.75, 3.05) is 6.54 Å². The predicted molar refractivity (Wildman–Crippen MR) is 68.4 cm³/mol. The average molecular weight is 300 g/mol. The highest BCUT2D eigenvalue weighted by Crippen LogP contribution is 2.39. The first kappa shape index (κ1) is 12.6. The van der Waals surface area contributed by atoms with E-state index in [-0.39, 0.29) is 16.9 Å². The van der Waals surface area contributed by atoms with E-state index in [1.807, 2.05) is 0 Å². The third-order valence-electron chi connectivity index (χ3n) is 3.41. The summed E-state index contributed by atoms with van der Waals surface area (Å²) in [6, 6.07) is 4.39. The highest BCUT2D eigenvalue weighted by Gasteiger charge is 2.32. The molecule has 0 aromatic heterocycles. The van der Waals surface area contributed by atoms with Crippen LogP contribution in [0.25, 0.3) is 0 Å². The van der Waals surface area contributed by atoms with Crippen molar-refractivity contribution in [3.05, 3.63) is 34.1 Å². The maximum absolute atomic E-state index is 13.5. The minimum absolute atomic E-state index is 0.0994. The topological polar surface area (TPSA) is 29.1 Å². The highest BCUT2D eigenvalue weighted by atomic mass is 79.9. The fourth-order valence-electron chi connectivity index (χ4n) is 2.02. The maximum atomic E-state index is 13.5. The molecule has 0 spiro atoms. The third-order valence-corrected chi connectivity index (χ3v) is 3.90. The van der Waals surface area contributed by atoms with Crippen LogP contribution >= 0.6 is 15.9 Å². The van der Waals surface area contributed by atoms with E-state index >= 15 is 0 Å². The van der Waals surface area contributed by atoms with Gasteiger partial charge in [0.05, 0.1) is 5.56 Å². The number of benzene rings is 1. The molecule has 1 N–H and O–H groups in total. The molecule has 0 atom stereocenters. The molecule has 2 rings (SSSR count). The van der Waals surface area contributed by atoms with Crippen molar-refractivity contribution >= 4 is 21.8 Å². The fourth-order valence-corrected chi connectivity index (χ4v) is 2.38. The molecule has 17 heavy (non-hydrogen) atoms. The molecule has 4 heteroatoms. The molecule has 1 saturated carbocycles. The first-order valence-corrected chi connectivity index (χ1v) is 6.53. The van der Waals surface area contributed by atoms with Crippen LogP contribution in [0.1, 0.15) is 36.5 Å². The zero-order valence-electron chi connectivity index (χ0n) is 9.72. The van der Waals surface area contributed by atoms with Gasteiger partial charge in [-0.3, -0.25) is 4.79 Å². The Labute approximate surface area is 109 Å². The molecule has 0 bridgehead atoms. The van der Waals surface area contributed by atoms with Crippen LogP contribution in [0, 0.1) is 11.2 Å². The van der Waals surface area contributed by atoms with Crippen molar-refractivity contribution < 1.29 is 9.18 Å². The lowest BCUT2D eigenvalue weighted by molar-refractivity contribution is 0.0887. The Hall–Kier alpha value is -0.900. The van der Waals surface area contributed by atoms with Crippen molar-refractivity contribution in [3.63, 3.8) is 0 Å². The summed E-state index contributed by atoms with van der Waals surface area (Å²) in [5, 5.41) is 2.81. The number of nitrogens with one attached hydrogen (secondary N) is 1. The molecule has 0 radical (unpaired) electrons. The maximum Gasteiger partial charge on any atom is 0.254 e. The van der Waals surface area contributed by atoms with Crippen LogP contribution in [0.2, 0.25) is 0 Å². The van der Waals surface area contributed by atoms with Gasteiger partial charge in [0, 0.05) is 11.0 Å². The monoisotopic (exact) mass is 299 g/mol. The molecule has 2 nitrogen and oxygen atoms in total. The second kappa shape index (κ2) is 4.77. The molecule has 1 aromatic rings. The van der Waals surface area contributed by atoms with Crippen LogP contribution in [-0.2, 0) is 0 Å². The van der Waals surface area contributed by atoms with Crippen molar-refractivity contribution in [1.29, 1.82) is 0 Å². The molecule has 1 fully saturated rings. The summed E-state index contributed by atoms with van der Waals surface area (Å²) >= 11 is 3.23. The Kier molecular flexibility index (Phi) is 3.52. The zero-order chi connectivity index (χ0) is 12.5. The number of carbonyl (C=O) groups is 1. The summed E-state index contributed by atoms with van der Waals surface area (Å²) in [6.07, 6.45) is 3.49. The molecule has 1 amide bonds. The van der Waals surface area contributed by atoms with E-state index < -0.39 is 5.82 Å². The second-order valence-corrected chi connectivity index (χ2v) is 5.89. The Morgan fingerprint density at radius 1 is 1.53 bits per heavy atom. The van der Waals surface area contributed by atoms with E-state index in [0.717, 1.165) is 12.8 Å². The molecule has 0 aliphatic heterocycles. The SMILES string of the molecule is CC1(CNC(=O)c2cc(Br)ccc2F)CCC1. The summed E-state index contributed by atoms with van der Waals surface area (Å²) in [6.45, 7) is 2.77. The fraction of sp³-hybridized carbons (Fsp3) is 0.462. The lowest BCUT2D eigenvalue weighted by atomic mass is 9.70. The van der Waals surface area contributed by atoms with Crippen molar-refractivity contribution in [3.8, 4) is 0 Å². The van der Waals surface area contributed by atoms with Crippen LogP contribution in [0.5, 0.6) is 0 Å². The Morgan fingerprint density at radius 3 is 2.82 bits per heavy atom. The number of amides is 1. The van der Waals surface area contributed by atoms with Crippen molar-refractivity contribution in [2.45, 2.75) is 26.2 Å². The van der Waals surface area contributed by atoms with Gasteiger partial charge in [-0.05, 0) is 36.5 Å². The van der Waals surface area contributed by atoms with Gasteiger partial charge >= 0.3 is 0 Å². The minimum atomic E-state index is -0.482. The van der Waals surface area contributed by atoms with E-state index in [1.54, 1.807) is 6.07 Å². The summed E-state index contributed by atoms with van der Waals surface area (Å²) < 4.78 is 14.2. The average Bonchev–Trinajstić information content (AvgIpc) is 2.26. The zero-order valence-corrected chi connectivity index (χ0v) is 11.3. The largest absolute Gasteiger partial charge is 0.351 e. The number of hydrogen-bond acceptors (Lipinski definition) is 1. The standard InChI is InChI=1S/C13H15BrFNO/c1-13(5-2-6-13)8-16-12(17)10-7-9(14)3-4-11(10)15/h3-4,7H,2,5-6,8H2,1H3,(H,16,17). The van der Waals surface area contributed by atoms with Gasteiger partial charge in [0.25, 0.3) is 5.91 Å². The Bertz CT molecular complexity index is 443. The van der Waals surface area contributed by atoms with Gasteiger partial charge in [-0.2, -0.15) is 0 Å². The number of carbonyl (C=O) groups excluding carboxylic acids is 1. The smallest absolute Gasteiger partial charge is 0.254 e. The molecule has 0 heterocycles. The quantitative estimate of drug-likeness (QED) is 0.909. The van der Waals surface area contributed by atoms with Gasteiger partial charge < -0.3 is 5.32 Å². The summed E-state index contributed by atoms with van der Waals surface area (Å²) in [5.74, 6) is -0.818. The molecule has 0 unspecified atom stereocenters. The van der Waals surface area contributed by atoms with E-state index in [0.29, 0.717) is 11.0 Å². The normalized spacial score (nSPS) is 17.4. The first-order valence-electron chi connectivity index (χ1n) is 5.73. The van der Waals surface area contributed by atoms with E-state index in [1.165, 1.54) is 18.6 Å². The number of hydrogen-bond donors (Lipinski definition) is 1. The van der Waals surface area contributed by atoms with E-state index in [2.05, 4.69) is 28.2 Å². The molecule has 1 aliphatic carbocycles. The minimum Gasteiger partial charge on any atom is -0.351 e. The third kappa shape index (κ3) is 2.86. The predicted octanol–water partition coefficient (Wildman–Crippen LogP) is 3.51. The Balaban J connectivity index is 2.01. The Morgan fingerprint density at radius 2 is 2.24 bits per heavy atom. The van der Waals surface area contributed by atoms with Gasteiger partial charge in [-0.15, -0.1) is 0 Å². The van der Waals surface area contributed by atoms with Gasteiger partial charge in [0.1, 0.15) is 5.82 Å². The van der Waals surface area contributed by atoms with Gasteiger partial charge in [0.2, 0.25) is 0 Å². The molecular weight excluding hydrogens is 285 g/mol. The van der Waals surface area contributed by atoms with E-state index in [9.17, 15) is 9.18 Å². The van der Waals surface area contributed by atoms with Crippen LogP contribution in [0.4, 0.5) is 4.39 Å².